The van der Waals surface area contributed by atoms with Crippen LogP contribution in [0.1, 0.15) is 11.1 Å². The Labute approximate surface area is 162 Å². The maximum Gasteiger partial charge on any atom is 0.142 e. The average Bonchev–Trinajstić information content (AvgIpc) is 2.67. The van der Waals surface area contributed by atoms with E-state index in [-0.39, 0.29) is 6.61 Å². The number of ether oxygens (including phenoxy) is 1. The Morgan fingerprint density at radius 3 is 2.23 bits per heavy atom. The molecule has 0 saturated heterocycles. The summed E-state index contributed by atoms with van der Waals surface area (Å²) in [6.07, 6.45) is 0. The van der Waals surface area contributed by atoms with Gasteiger partial charge in [0.05, 0.1) is 5.02 Å². The zero-order chi connectivity index (χ0) is 18.2. The highest BCUT2D eigenvalue weighted by molar-refractivity contribution is 6.32. The monoisotopic (exact) mass is 385 g/mol. The number of oxime groups is 1. The van der Waals surface area contributed by atoms with Gasteiger partial charge >= 0.3 is 0 Å². The minimum atomic E-state index is 0.222. The maximum absolute atomic E-state index is 6.15. The molecule has 3 rings (SSSR count). The van der Waals surface area contributed by atoms with Crippen molar-refractivity contribution in [3.05, 3.63) is 100 Å². The van der Waals surface area contributed by atoms with Crippen LogP contribution in [0.2, 0.25) is 10.0 Å². The zero-order valence-corrected chi connectivity index (χ0v) is 15.5. The van der Waals surface area contributed by atoms with Gasteiger partial charge in [-0.05, 0) is 29.8 Å². The van der Waals surface area contributed by atoms with E-state index in [4.69, 9.17) is 32.8 Å². The maximum atomic E-state index is 6.15. The molecule has 0 aliphatic rings. The fourth-order valence-electron chi connectivity index (χ4n) is 2.27. The molecule has 0 fully saturated rings. The minimum absolute atomic E-state index is 0.222. The Bertz CT molecular complexity index is 865. The van der Waals surface area contributed by atoms with E-state index in [9.17, 15) is 0 Å². The number of benzene rings is 3. The van der Waals surface area contributed by atoms with Crippen molar-refractivity contribution in [2.24, 2.45) is 5.16 Å². The van der Waals surface area contributed by atoms with E-state index >= 15 is 0 Å². The van der Waals surface area contributed by atoms with E-state index in [1.54, 1.807) is 18.2 Å². The van der Waals surface area contributed by atoms with Crippen LogP contribution in [-0.2, 0) is 11.4 Å². The van der Waals surface area contributed by atoms with Gasteiger partial charge in [0.25, 0.3) is 0 Å². The largest absolute Gasteiger partial charge is 0.486 e. The number of rotatable bonds is 7. The summed E-state index contributed by atoms with van der Waals surface area (Å²) in [5.41, 5.74) is 2.56. The lowest BCUT2D eigenvalue weighted by Gasteiger charge is -2.11. The third kappa shape index (κ3) is 5.25. The van der Waals surface area contributed by atoms with E-state index in [1.165, 1.54) is 0 Å². The fourth-order valence-corrected chi connectivity index (χ4v) is 2.59. The molecular formula is C21H17Cl2NO2. The molecule has 0 aliphatic carbocycles. The predicted octanol–water partition coefficient (Wildman–Crippen LogP) is 5.99. The first-order valence-corrected chi connectivity index (χ1v) is 8.84. The minimum Gasteiger partial charge on any atom is -0.486 e. The number of hydrogen-bond acceptors (Lipinski definition) is 3. The Morgan fingerprint density at radius 2 is 1.50 bits per heavy atom. The van der Waals surface area contributed by atoms with E-state index in [2.05, 4.69) is 5.16 Å². The summed E-state index contributed by atoms with van der Waals surface area (Å²) in [4.78, 5) is 5.53. The molecule has 0 amide bonds. The normalized spacial score (nSPS) is 11.2. The van der Waals surface area contributed by atoms with Crippen molar-refractivity contribution in [3.63, 3.8) is 0 Å². The van der Waals surface area contributed by atoms with Gasteiger partial charge in [-0.25, -0.2) is 0 Å². The molecule has 0 spiro atoms. The van der Waals surface area contributed by atoms with Crippen LogP contribution < -0.4 is 4.74 Å². The summed E-state index contributed by atoms with van der Waals surface area (Å²) >= 11 is 12.1. The molecule has 0 heterocycles. The molecule has 3 nitrogen and oxygen atoms in total. The summed E-state index contributed by atoms with van der Waals surface area (Å²) < 4.78 is 5.81. The summed E-state index contributed by atoms with van der Waals surface area (Å²) in [6.45, 7) is 0.601. The van der Waals surface area contributed by atoms with Gasteiger partial charge in [-0.1, -0.05) is 83.0 Å². The van der Waals surface area contributed by atoms with E-state index in [0.29, 0.717) is 28.1 Å². The fraction of sp³-hybridized carbons (Fsp3) is 0.0952. The van der Waals surface area contributed by atoms with Crippen molar-refractivity contribution in [2.45, 2.75) is 6.61 Å². The molecule has 0 aromatic heterocycles. The molecule has 0 bridgehead atoms. The SMILES string of the molecule is Clc1ccc(/C(COc2ccccc2Cl)=N/OCc2ccccc2)cc1. The molecule has 0 aliphatic heterocycles. The van der Waals surface area contributed by atoms with E-state index in [0.717, 1.165) is 11.1 Å². The van der Waals surface area contributed by atoms with E-state index < -0.39 is 0 Å². The highest BCUT2D eigenvalue weighted by atomic mass is 35.5. The Balaban J connectivity index is 1.74. The van der Waals surface area contributed by atoms with Crippen LogP contribution in [0.4, 0.5) is 0 Å². The second-order valence-corrected chi connectivity index (χ2v) is 6.37. The van der Waals surface area contributed by atoms with E-state index in [1.807, 2.05) is 60.7 Å². The van der Waals surface area contributed by atoms with Gasteiger partial charge in [-0.2, -0.15) is 0 Å². The predicted molar refractivity (Wildman–Crippen MR) is 106 cm³/mol. The van der Waals surface area contributed by atoms with Crippen LogP contribution >= 0.6 is 23.2 Å². The van der Waals surface area contributed by atoms with Crippen molar-refractivity contribution in [1.82, 2.24) is 0 Å². The van der Waals surface area contributed by atoms with Gasteiger partial charge in [-0.15, -0.1) is 0 Å². The molecule has 3 aromatic carbocycles. The van der Waals surface area contributed by atoms with Gasteiger partial charge in [0.2, 0.25) is 0 Å². The van der Waals surface area contributed by atoms with Gasteiger partial charge in [-0.3, -0.25) is 0 Å². The molecule has 0 N–H and O–H groups in total. The Hall–Kier alpha value is -2.49. The second-order valence-electron chi connectivity index (χ2n) is 5.52. The third-order valence-corrected chi connectivity index (χ3v) is 4.19. The van der Waals surface area contributed by atoms with Crippen LogP contribution in [0.15, 0.2) is 84.0 Å². The van der Waals surface area contributed by atoms with Gasteiger partial charge in [0.15, 0.2) is 0 Å². The molecular weight excluding hydrogens is 369 g/mol. The van der Waals surface area contributed by atoms with Crippen LogP contribution in [0.5, 0.6) is 5.75 Å². The zero-order valence-electron chi connectivity index (χ0n) is 13.9. The highest BCUT2D eigenvalue weighted by Gasteiger charge is 2.08. The van der Waals surface area contributed by atoms with Crippen molar-refractivity contribution in [3.8, 4) is 5.75 Å². The van der Waals surface area contributed by atoms with Gasteiger partial charge in [0.1, 0.15) is 24.7 Å². The number of para-hydroxylation sites is 1. The van der Waals surface area contributed by atoms with Gasteiger partial charge < -0.3 is 9.57 Å². The molecule has 0 unspecified atom stereocenters. The molecule has 3 aromatic rings. The number of nitrogens with zero attached hydrogens (tertiary/aromatic N) is 1. The van der Waals surface area contributed by atoms with Crippen molar-refractivity contribution in [2.75, 3.05) is 6.61 Å². The standard InChI is InChI=1S/C21H17Cl2NO2/c22-18-12-10-17(11-13-18)20(15-25-21-9-5-4-8-19(21)23)24-26-14-16-6-2-1-3-7-16/h1-13H,14-15H2/b24-20+. The van der Waals surface area contributed by atoms with Crippen LogP contribution in [0, 0.1) is 0 Å². The molecule has 0 saturated carbocycles. The van der Waals surface area contributed by atoms with Crippen molar-refractivity contribution in [1.29, 1.82) is 0 Å². The molecule has 5 heteroatoms. The molecule has 26 heavy (non-hydrogen) atoms. The molecule has 0 atom stereocenters. The Kier molecular flexibility index (Phi) is 6.53. The Morgan fingerprint density at radius 1 is 0.808 bits per heavy atom. The summed E-state index contributed by atoms with van der Waals surface area (Å²) in [5, 5.41) is 5.48. The molecule has 132 valence electrons. The first-order valence-electron chi connectivity index (χ1n) is 8.08. The number of halogens is 2. The highest BCUT2D eigenvalue weighted by Crippen LogP contribution is 2.23. The van der Waals surface area contributed by atoms with Crippen LogP contribution in [0.25, 0.3) is 0 Å². The first kappa shape index (κ1) is 18.3. The average molecular weight is 386 g/mol. The lowest BCUT2D eigenvalue weighted by molar-refractivity contribution is 0.129. The van der Waals surface area contributed by atoms with Crippen molar-refractivity contribution >= 4 is 28.9 Å². The topological polar surface area (TPSA) is 30.8 Å². The lowest BCUT2D eigenvalue weighted by Crippen LogP contribution is -2.14. The van der Waals surface area contributed by atoms with Crippen LogP contribution in [0.3, 0.4) is 0 Å². The molecule has 0 radical (unpaired) electrons. The van der Waals surface area contributed by atoms with Crippen LogP contribution in [-0.4, -0.2) is 12.3 Å². The third-order valence-electron chi connectivity index (χ3n) is 3.63. The number of hydrogen-bond donors (Lipinski definition) is 0. The van der Waals surface area contributed by atoms with Gasteiger partial charge in [0, 0.05) is 10.6 Å². The first-order chi connectivity index (χ1) is 12.7. The lowest BCUT2D eigenvalue weighted by atomic mass is 10.1. The summed E-state index contributed by atoms with van der Waals surface area (Å²) in [5.74, 6) is 0.596. The summed E-state index contributed by atoms with van der Waals surface area (Å²) in [7, 11) is 0. The quantitative estimate of drug-likeness (QED) is 0.369. The van der Waals surface area contributed by atoms with Crippen molar-refractivity contribution < 1.29 is 9.57 Å². The second kappa shape index (κ2) is 9.27. The summed E-state index contributed by atoms with van der Waals surface area (Å²) in [6, 6.07) is 24.5. The smallest absolute Gasteiger partial charge is 0.142 e.